The van der Waals surface area contributed by atoms with Gasteiger partial charge in [0.1, 0.15) is 5.82 Å². The molecule has 0 bridgehead atoms. The van der Waals surface area contributed by atoms with Crippen LogP contribution in [0.2, 0.25) is 0 Å². The van der Waals surface area contributed by atoms with Crippen LogP contribution < -0.4 is 9.62 Å². The van der Waals surface area contributed by atoms with Gasteiger partial charge in [-0.1, -0.05) is 12.1 Å². The monoisotopic (exact) mass is 390 g/mol. The fraction of sp³-hybridized carbons (Fsp3) is 0.350. The van der Waals surface area contributed by atoms with Gasteiger partial charge in [0.25, 0.3) is 0 Å². The highest BCUT2D eigenvalue weighted by molar-refractivity contribution is 7.92. The molecule has 1 amide bonds. The Labute approximate surface area is 159 Å². The second-order valence-corrected chi connectivity index (χ2v) is 8.78. The normalized spacial score (nSPS) is 16.1. The number of carbonyl (C=O) groups excluding carboxylic acids is 1. The molecular weight excluding hydrogens is 367 g/mol. The Bertz CT molecular complexity index is 927. The molecule has 0 atom stereocenters. The Kier molecular flexibility index (Phi) is 5.79. The van der Waals surface area contributed by atoms with E-state index in [-0.39, 0.29) is 23.9 Å². The number of hydrogen-bond donors (Lipinski definition) is 1. The summed E-state index contributed by atoms with van der Waals surface area (Å²) in [5, 5.41) is 2.83. The lowest BCUT2D eigenvalue weighted by Crippen LogP contribution is -2.38. The molecule has 0 unspecified atom stereocenters. The van der Waals surface area contributed by atoms with E-state index >= 15 is 0 Å². The molecule has 1 N–H and O–H groups in total. The third-order valence-electron chi connectivity index (χ3n) is 4.65. The van der Waals surface area contributed by atoms with Crippen LogP contribution in [0.5, 0.6) is 0 Å². The van der Waals surface area contributed by atoms with Gasteiger partial charge in [0.15, 0.2) is 0 Å². The molecule has 1 aliphatic rings. The zero-order chi connectivity index (χ0) is 19.4. The maximum Gasteiger partial charge on any atom is 0.235 e. The number of nitrogens with one attached hydrogen (secondary N) is 1. The zero-order valence-electron chi connectivity index (χ0n) is 15.2. The topological polar surface area (TPSA) is 66.5 Å². The van der Waals surface area contributed by atoms with Crippen molar-refractivity contribution in [3.8, 4) is 0 Å². The molecule has 7 heteroatoms. The van der Waals surface area contributed by atoms with Crippen molar-refractivity contribution < 1.29 is 17.6 Å². The molecule has 3 rings (SSSR count). The van der Waals surface area contributed by atoms with Crippen LogP contribution in [-0.4, -0.2) is 26.6 Å². The molecule has 27 heavy (non-hydrogen) atoms. The minimum Gasteiger partial charge on any atom is -0.326 e. The highest BCUT2D eigenvalue weighted by atomic mass is 32.2. The first-order chi connectivity index (χ1) is 12.8. The van der Waals surface area contributed by atoms with Crippen LogP contribution in [0.1, 0.15) is 30.4 Å². The molecule has 5 nitrogen and oxygen atoms in total. The van der Waals surface area contributed by atoms with Gasteiger partial charge in [-0.2, -0.15) is 0 Å². The number of benzene rings is 2. The van der Waals surface area contributed by atoms with E-state index in [0.717, 1.165) is 17.5 Å². The zero-order valence-corrected chi connectivity index (χ0v) is 16.1. The molecule has 1 saturated heterocycles. The summed E-state index contributed by atoms with van der Waals surface area (Å²) in [7, 11) is -3.26. The fourth-order valence-corrected chi connectivity index (χ4v) is 4.91. The number of anilines is 2. The number of rotatable bonds is 5. The summed E-state index contributed by atoms with van der Waals surface area (Å²) in [6.45, 7) is 2.33. The first-order valence-electron chi connectivity index (χ1n) is 9.00. The molecule has 2 aromatic carbocycles. The van der Waals surface area contributed by atoms with Gasteiger partial charge in [0.05, 0.1) is 11.4 Å². The lowest BCUT2D eigenvalue weighted by Gasteiger charge is -2.29. The van der Waals surface area contributed by atoms with Gasteiger partial charge in [0, 0.05) is 18.7 Å². The van der Waals surface area contributed by atoms with Gasteiger partial charge in [-0.15, -0.1) is 0 Å². The van der Waals surface area contributed by atoms with Crippen molar-refractivity contribution in [2.75, 3.05) is 21.9 Å². The fourth-order valence-electron chi connectivity index (χ4n) is 3.20. The van der Waals surface area contributed by atoms with Crippen molar-refractivity contribution in [2.24, 2.45) is 0 Å². The van der Waals surface area contributed by atoms with Crippen LogP contribution in [0.3, 0.4) is 0 Å². The molecule has 144 valence electrons. The van der Waals surface area contributed by atoms with Crippen molar-refractivity contribution in [3.63, 3.8) is 0 Å². The van der Waals surface area contributed by atoms with Crippen molar-refractivity contribution in [3.05, 3.63) is 59.4 Å². The van der Waals surface area contributed by atoms with E-state index < -0.39 is 10.0 Å². The van der Waals surface area contributed by atoms with Gasteiger partial charge in [-0.05, 0) is 67.6 Å². The Balaban J connectivity index is 1.63. The van der Waals surface area contributed by atoms with Crippen molar-refractivity contribution in [1.82, 2.24) is 0 Å². The number of sulfonamides is 1. The summed E-state index contributed by atoms with van der Waals surface area (Å²) in [6.07, 6.45) is 2.35. The SMILES string of the molecule is Cc1cc(NC(=O)CCc2ccc(F)cc2)ccc1N1CCCCS1(=O)=O. The van der Waals surface area contributed by atoms with Crippen LogP contribution in [0.25, 0.3) is 0 Å². The second kappa shape index (κ2) is 8.08. The Morgan fingerprint density at radius 3 is 2.56 bits per heavy atom. The molecule has 0 spiro atoms. The van der Waals surface area contributed by atoms with E-state index in [1.165, 1.54) is 16.4 Å². The van der Waals surface area contributed by atoms with Crippen LogP contribution in [0.4, 0.5) is 15.8 Å². The molecule has 0 saturated carbocycles. The number of nitrogens with zero attached hydrogens (tertiary/aromatic N) is 1. The quantitative estimate of drug-likeness (QED) is 0.848. The summed E-state index contributed by atoms with van der Waals surface area (Å²) in [5.74, 6) is -0.263. The number of carbonyl (C=O) groups is 1. The molecule has 0 radical (unpaired) electrons. The molecule has 1 aliphatic heterocycles. The predicted molar refractivity (Wildman–Crippen MR) is 105 cm³/mol. The number of halogens is 1. The minimum absolute atomic E-state index is 0.142. The smallest absolute Gasteiger partial charge is 0.235 e. The van der Waals surface area contributed by atoms with E-state index in [1.54, 1.807) is 30.3 Å². The Hall–Kier alpha value is -2.41. The summed E-state index contributed by atoms with van der Waals surface area (Å²) >= 11 is 0. The third-order valence-corrected chi connectivity index (χ3v) is 6.51. The van der Waals surface area contributed by atoms with E-state index in [1.807, 2.05) is 6.92 Å². The van der Waals surface area contributed by atoms with E-state index in [4.69, 9.17) is 0 Å². The van der Waals surface area contributed by atoms with Crippen molar-refractivity contribution in [1.29, 1.82) is 0 Å². The van der Waals surface area contributed by atoms with Crippen LogP contribution in [-0.2, 0) is 21.2 Å². The first kappa shape index (κ1) is 19.4. The summed E-state index contributed by atoms with van der Waals surface area (Å²) in [4.78, 5) is 12.2. The lowest BCUT2D eigenvalue weighted by molar-refractivity contribution is -0.116. The van der Waals surface area contributed by atoms with Gasteiger partial charge < -0.3 is 5.32 Å². The van der Waals surface area contributed by atoms with Crippen molar-refractivity contribution >= 4 is 27.3 Å². The number of amides is 1. The van der Waals surface area contributed by atoms with Crippen LogP contribution in [0.15, 0.2) is 42.5 Å². The highest BCUT2D eigenvalue weighted by Gasteiger charge is 2.27. The van der Waals surface area contributed by atoms with Gasteiger partial charge in [-0.3, -0.25) is 9.10 Å². The summed E-state index contributed by atoms with van der Waals surface area (Å²) < 4.78 is 38.9. The Morgan fingerprint density at radius 2 is 1.89 bits per heavy atom. The molecule has 1 fully saturated rings. The largest absolute Gasteiger partial charge is 0.326 e. The number of aryl methyl sites for hydroxylation is 2. The summed E-state index contributed by atoms with van der Waals surface area (Å²) in [5.41, 5.74) is 3.00. The predicted octanol–water partition coefficient (Wildman–Crippen LogP) is 3.64. The molecule has 0 aliphatic carbocycles. The standard InChI is InChI=1S/C20H23FN2O3S/c1-15-14-18(9-10-19(15)23-12-2-3-13-27(23,25)26)22-20(24)11-6-16-4-7-17(21)8-5-16/h4-5,7-10,14H,2-3,6,11-13H2,1H3,(H,22,24). The molecule has 0 aromatic heterocycles. The molecule has 2 aromatic rings. The molecular formula is C20H23FN2O3S. The highest BCUT2D eigenvalue weighted by Crippen LogP contribution is 2.29. The van der Waals surface area contributed by atoms with Crippen molar-refractivity contribution in [2.45, 2.75) is 32.6 Å². The lowest BCUT2D eigenvalue weighted by atomic mass is 10.1. The van der Waals surface area contributed by atoms with Gasteiger partial charge >= 0.3 is 0 Å². The van der Waals surface area contributed by atoms with E-state index in [2.05, 4.69) is 5.32 Å². The van der Waals surface area contributed by atoms with Crippen LogP contribution >= 0.6 is 0 Å². The second-order valence-electron chi connectivity index (χ2n) is 6.77. The van der Waals surface area contributed by atoms with E-state index in [9.17, 15) is 17.6 Å². The van der Waals surface area contributed by atoms with Gasteiger partial charge in [-0.25, -0.2) is 12.8 Å². The Morgan fingerprint density at radius 1 is 1.15 bits per heavy atom. The minimum atomic E-state index is -3.26. The van der Waals surface area contributed by atoms with Crippen LogP contribution in [0, 0.1) is 12.7 Å². The average molecular weight is 390 g/mol. The third kappa shape index (κ3) is 4.86. The van der Waals surface area contributed by atoms with E-state index in [0.29, 0.717) is 30.8 Å². The maximum absolute atomic E-state index is 12.9. The maximum atomic E-state index is 12.9. The number of hydrogen-bond acceptors (Lipinski definition) is 3. The average Bonchev–Trinajstić information content (AvgIpc) is 2.62. The van der Waals surface area contributed by atoms with Gasteiger partial charge in [0.2, 0.25) is 15.9 Å². The molecule has 1 heterocycles. The summed E-state index contributed by atoms with van der Waals surface area (Å²) in [6, 6.07) is 11.3. The first-order valence-corrected chi connectivity index (χ1v) is 10.6.